The Morgan fingerprint density at radius 3 is 1.74 bits per heavy atom. The van der Waals surface area contributed by atoms with Crippen molar-refractivity contribution in [1.29, 1.82) is 0 Å². The van der Waals surface area contributed by atoms with Gasteiger partial charge in [-0.05, 0) is 0 Å². The van der Waals surface area contributed by atoms with Crippen LogP contribution in [0.25, 0.3) is 0 Å². The third-order valence-corrected chi connectivity index (χ3v) is 3.66. The zero-order chi connectivity index (χ0) is 17.0. The van der Waals surface area contributed by atoms with Crippen LogP contribution in [0.15, 0.2) is 54.6 Å². The normalized spacial score (nSPS) is 11.1. The van der Waals surface area contributed by atoms with Crippen molar-refractivity contribution in [3.8, 4) is 0 Å². The van der Waals surface area contributed by atoms with Crippen molar-refractivity contribution < 1.29 is 14.4 Å². The molecule has 0 amide bonds. The standard InChI is InChI=1S/C20H20O3/c1-20(2,3)18(22)13-17(21)14-9-11-16(12-10-14)19(23)15-7-5-4-6-8-15/h4-12H,13H2,1-3H3. The summed E-state index contributed by atoms with van der Waals surface area (Å²) in [5, 5.41) is 0. The van der Waals surface area contributed by atoms with E-state index >= 15 is 0 Å². The Kier molecular flexibility index (Phi) is 4.89. The van der Waals surface area contributed by atoms with Crippen LogP contribution < -0.4 is 0 Å². The lowest BCUT2D eigenvalue weighted by atomic mass is 9.87. The molecule has 118 valence electrons. The molecule has 0 aliphatic rings. The second-order valence-electron chi connectivity index (χ2n) is 6.55. The molecule has 0 N–H and O–H groups in total. The lowest BCUT2D eigenvalue weighted by Crippen LogP contribution is -2.23. The van der Waals surface area contributed by atoms with Gasteiger partial charge in [0.2, 0.25) is 0 Å². The number of Topliss-reactive ketones (excluding diaryl/α,β-unsaturated/α-hetero) is 2. The van der Waals surface area contributed by atoms with E-state index in [0.29, 0.717) is 16.7 Å². The third-order valence-electron chi connectivity index (χ3n) is 3.66. The maximum absolute atomic E-state index is 12.3. The van der Waals surface area contributed by atoms with Gasteiger partial charge >= 0.3 is 0 Å². The number of carbonyl (C=O) groups excluding carboxylic acids is 3. The van der Waals surface area contributed by atoms with Gasteiger partial charge in [-0.15, -0.1) is 0 Å². The van der Waals surface area contributed by atoms with Crippen molar-refractivity contribution >= 4 is 17.3 Å². The molecule has 0 saturated carbocycles. The van der Waals surface area contributed by atoms with Gasteiger partial charge in [-0.3, -0.25) is 14.4 Å². The van der Waals surface area contributed by atoms with Gasteiger partial charge in [0.15, 0.2) is 11.6 Å². The molecular weight excluding hydrogens is 288 g/mol. The summed E-state index contributed by atoms with van der Waals surface area (Å²) in [6, 6.07) is 15.4. The fourth-order valence-electron chi connectivity index (χ4n) is 2.08. The van der Waals surface area contributed by atoms with Crippen LogP contribution in [0.2, 0.25) is 0 Å². The van der Waals surface area contributed by atoms with Gasteiger partial charge in [0.05, 0.1) is 6.42 Å². The van der Waals surface area contributed by atoms with Crippen LogP contribution >= 0.6 is 0 Å². The molecule has 2 aromatic carbocycles. The lowest BCUT2D eigenvalue weighted by Gasteiger charge is -2.15. The molecule has 0 unspecified atom stereocenters. The van der Waals surface area contributed by atoms with Crippen molar-refractivity contribution in [3.05, 3.63) is 71.3 Å². The molecule has 0 spiro atoms. The van der Waals surface area contributed by atoms with Gasteiger partial charge in [-0.2, -0.15) is 0 Å². The number of benzene rings is 2. The van der Waals surface area contributed by atoms with Gasteiger partial charge < -0.3 is 0 Å². The highest BCUT2D eigenvalue weighted by atomic mass is 16.1. The van der Waals surface area contributed by atoms with E-state index in [9.17, 15) is 14.4 Å². The summed E-state index contributed by atoms with van der Waals surface area (Å²) in [5.41, 5.74) is 1.05. The molecule has 0 aliphatic carbocycles. The number of hydrogen-bond acceptors (Lipinski definition) is 3. The van der Waals surface area contributed by atoms with Gasteiger partial charge in [-0.1, -0.05) is 75.4 Å². The lowest BCUT2D eigenvalue weighted by molar-refractivity contribution is -0.125. The van der Waals surface area contributed by atoms with Crippen molar-refractivity contribution in [2.75, 3.05) is 0 Å². The monoisotopic (exact) mass is 308 g/mol. The smallest absolute Gasteiger partial charge is 0.193 e. The van der Waals surface area contributed by atoms with Crippen molar-refractivity contribution in [3.63, 3.8) is 0 Å². The minimum absolute atomic E-state index is 0.0876. The Balaban J connectivity index is 2.12. The van der Waals surface area contributed by atoms with Crippen LogP contribution in [0.4, 0.5) is 0 Å². The molecule has 0 radical (unpaired) electrons. The molecule has 0 aromatic heterocycles. The van der Waals surface area contributed by atoms with Crippen molar-refractivity contribution in [2.24, 2.45) is 5.41 Å². The summed E-state index contributed by atoms with van der Waals surface area (Å²) in [7, 11) is 0. The first-order chi connectivity index (χ1) is 10.8. The highest BCUT2D eigenvalue weighted by Gasteiger charge is 2.24. The maximum Gasteiger partial charge on any atom is 0.193 e. The van der Waals surface area contributed by atoms with Gasteiger partial charge in [-0.25, -0.2) is 0 Å². The number of hydrogen-bond donors (Lipinski definition) is 0. The molecule has 2 aromatic rings. The summed E-state index contributed by atoms with van der Waals surface area (Å²) < 4.78 is 0. The molecule has 0 heterocycles. The Morgan fingerprint density at radius 1 is 0.739 bits per heavy atom. The summed E-state index contributed by atoms with van der Waals surface area (Å²) in [5.74, 6) is -0.397. The quantitative estimate of drug-likeness (QED) is 0.617. The Bertz CT molecular complexity index is 720. The zero-order valence-electron chi connectivity index (χ0n) is 13.6. The van der Waals surface area contributed by atoms with Gasteiger partial charge in [0.1, 0.15) is 5.78 Å². The fourth-order valence-corrected chi connectivity index (χ4v) is 2.08. The summed E-state index contributed by atoms with van der Waals surface area (Å²) in [6.45, 7) is 5.39. The van der Waals surface area contributed by atoms with Crippen LogP contribution in [-0.2, 0) is 4.79 Å². The van der Waals surface area contributed by atoms with Gasteiger partial charge in [0.25, 0.3) is 0 Å². The number of rotatable bonds is 5. The minimum Gasteiger partial charge on any atom is -0.299 e. The first kappa shape index (κ1) is 16.8. The van der Waals surface area contributed by atoms with Crippen LogP contribution in [0.1, 0.15) is 53.5 Å². The summed E-state index contributed by atoms with van der Waals surface area (Å²) in [4.78, 5) is 36.4. The zero-order valence-corrected chi connectivity index (χ0v) is 13.6. The van der Waals surface area contributed by atoms with E-state index in [-0.39, 0.29) is 23.8 Å². The predicted molar refractivity (Wildman–Crippen MR) is 89.7 cm³/mol. The van der Waals surface area contributed by atoms with Crippen LogP contribution in [0.3, 0.4) is 0 Å². The second-order valence-corrected chi connectivity index (χ2v) is 6.55. The summed E-state index contributed by atoms with van der Waals surface area (Å²) in [6.07, 6.45) is -0.116. The highest BCUT2D eigenvalue weighted by molar-refractivity contribution is 6.11. The van der Waals surface area contributed by atoms with E-state index in [2.05, 4.69) is 0 Å². The van der Waals surface area contributed by atoms with E-state index in [4.69, 9.17) is 0 Å². The first-order valence-corrected chi connectivity index (χ1v) is 7.55. The molecule has 0 fully saturated rings. The predicted octanol–water partition coefficient (Wildman–Crippen LogP) is 4.11. The highest BCUT2D eigenvalue weighted by Crippen LogP contribution is 2.19. The van der Waals surface area contributed by atoms with Crippen LogP contribution in [0, 0.1) is 5.41 Å². The van der Waals surface area contributed by atoms with E-state index < -0.39 is 5.41 Å². The first-order valence-electron chi connectivity index (χ1n) is 7.55. The molecule has 0 atom stereocenters. The molecule has 0 aliphatic heterocycles. The Labute approximate surface area is 136 Å². The van der Waals surface area contributed by atoms with E-state index in [1.54, 1.807) is 57.2 Å². The largest absolute Gasteiger partial charge is 0.299 e. The van der Waals surface area contributed by atoms with E-state index in [1.165, 1.54) is 0 Å². The van der Waals surface area contributed by atoms with Crippen LogP contribution in [0.5, 0.6) is 0 Å². The molecule has 23 heavy (non-hydrogen) atoms. The molecule has 3 nitrogen and oxygen atoms in total. The van der Waals surface area contributed by atoms with Crippen molar-refractivity contribution in [2.45, 2.75) is 27.2 Å². The molecule has 0 saturated heterocycles. The average Bonchev–Trinajstić information content (AvgIpc) is 2.54. The Morgan fingerprint density at radius 2 is 1.22 bits per heavy atom. The average molecular weight is 308 g/mol. The van der Waals surface area contributed by atoms with Gasteiger partial charge in [0, 0.05) is 22.1 Å². The molecule has 0 bridgehead atoms. The topological polar surface area (TPSA) is 51.2 Å². The van der Waals surface area contributed by atoms with E-state index in [1.807, 2.05) is 18.2 Å². The molecular formula is C20H20O3. The number of carbonyl (C=O) groups is 3. The Hall–Kier alpha value is -2.55. The third kappa shape index (κ3) is 4.22. The van der Waals surface area contributed by atoms with Crippen LogP contribution in [-0.4, -0.2) is 17.3 Å². The second kappa shape index (κ2) is 6.69. The minimum atomic E-state index is -0.529. The van der Waals surface area contributed by atoms with Crippen molar-refractivity contribution in [1.82, 2.24) is 0 Å². The maximum atomic E-state index is 12.3. The fraction of sp³-hybridized carbons (Fsp3) is 0.250. The number of ketones is 3. The van der Waals surface area contributed by atoms with E-state index in [0.717, 1.165) is 0 Å². The SMILES string of the molecule is CC(C)(C)C(=O)CC(=O)c1ccc(C(=O)c2ccccc2)cc1. The summed E-state index contributed by atoms with van der Waals surface area (Å²) >= 11 is 0. The molecule has 3 heteroatoms. The molecule has 2 rings (SSSR count).